The number of aromatic nitrogens is 2. The van der Waals surface area contributed by atoms with Gasteiger partial charge >= 0.3 is 0 Å². The summed E-state index contributed by atoms with van der Waals surface area (Å²) in [5.41, 5.74) is 7.33. The summed E-state index contributed by atoms with van der Waals surface area (Å²) in [5, 5.41) is 0.540. The van der Waals surface area contributed by atoms with Crippen molar-refractivity contribution in [1.29, 1.82) is 0 Å². The van der Waals surface area contributed by atoms with Gasteiger partial charge in [-0.3, -0.25) is 4.79 Å². The van der Waals surface area contributed by atoms with Crippen molar-refractivity contribution in [1.82, 2.24) is 14.9 Å². The first-order chi connectivity index (χ1) is 11.2. The molecule has 1 saturated heterocycles. The Hall–Kier alpha value is -1.98. The monoisotopic (exact) mass is 330 g/mol. The van der Waals surface area contributed by atoms with Gasteiger partial charge < -0.3 is 10.6 Å². The number of amides is 1. The van der Waals surface area contributed by atoms with E-state index in [1.807, 2.05) is 29.2 Å². The van der Waals surface area contributed by atoms with E-state index in [0.717, 1.165) is 37.3 Å². The summed E-state index contributed by atoms with van der Waals surface area (Å²) in [6.07, 6.45) is 4.97. The van der Waals surface area contributed by atoms with E-state index in [9.17, 15) is 4.79 Å². The number of benzene rings is 1. The number of carbonyl (C=O) groups excluding carboxylic acids is 1. The summed E-state index contributed by atoms with van der Waals surface area (Å²) in [7, 11) is 0. The second kappa shape index (κ2) is 7.06. The van der Waals surface area contributed by atoms with E-state index in [4.69, 9.17) is 17.3 Å². The van der Waals surface area contributed by atoms with Gasteiger partial charge in [0, 0.05) is 44.0 Å². The van der Waals surface area contributed by atoms with Crippen LogP contribution in [-0.2, 0) is 13.0 Å². The quantitative estimate of drug-likeness (QED) is 0.933. The first kappa shape index (κ1) is 15.9. The second-order valence-corrected chi connectivity index (χ2v) is 6.26. The minimum absolute atomic E-state index is 0.0769. The third-order valence-corrected chi connectivity index (χ3v) is 4.35. The van der Waals surface area contributed by atoms with Crippen molar-refractivity contribution >= 4 is 17.5 Å². The minimum Gasteiger partial charge on any atom is -0.338 e. The normalized spacial score (nSPS) is 17.5. The third-order valence-electron chi connectivity index (χ3n) is 4.15. The van der Waals surface area contributed by atoms with Crippen LogP contribution >= 0.6 is 11.6 Å². The molecule has 0 unspecified atom stereocenters. The first-order valence-corrected chi connectivity index (χ1v) is 8.08. The topological polar surface area (TPSA) is 72.1 Å². The van der Waals surface area contributed by atoms with E-state index in [-0.39, 0.29) is 5.91 Å². The fraction of sp³-hybridized carbons (Fsp3) is 0.353. The van der Waals surface area contributed by atoms with Crippen LogP contribution in [0.4, 0.5) is 0 Å². The van der Waals surface area contributed by atoms with Gasteiger partial charge in [-0.2, -0.15) is 0 Å². The van der Waals surface area contributed by atoms with E-state index in [0.29, 0.717) is 23.0 Å². The van der Waals surface area contributed by atoms with Crippen LogP contribution < -0.4 is 5.73 Å². The van der Waals surface area contributed by atoms with Crippen LogP contribution in [0, 0.1) is 5.92 Å². The van der Waals surface area contributed by atoms with Crippen LogP contribution in [0.15, 0.2) is 36.7 Å². The fourth-order valence-corrected chi connectivity index (χ4v) is 2.95. The van der Waals surface area contributed by atoms with Gasteiger partial charge in [0.1, 0.15) is 5.82 Å². The number of likely N-dealkylation sites (tertiary alicyclic amines) is 1. The Balaban J connectivity index is 1.60. The molecule has 5 nitrogen and oxygen atoms in total. The van der Waals surface area contributed by atoms with Crippen molar-refractivity contribution in [2.24, 2.45) is 11.7 Å². The molecule has 2 N–H and O–H groups in total. The van der Waals surface area contributed by atoms with E-state index in [1.165, 1.54) is 0 Å². The molecule has 0 bridgehead atoms. The number of hydrogen-bond acceptors (Lipinski definition) is 4. The Morgan fingerprint density at radius 1 is 1.26 bits per heavy atom. The minimum atomic E-state index is 0.0769. The van der Waals surface area contributed by atoms with Crippen molar-refractivity contribution in [3.63, 3.8) is 0 Å². The van der Waals surface area contributed by atoms with Crippen molar-refractivity contribution < 1.29 is 4.79 Å². The number of nitrogens with two attached hydrogens (primary N) is 1. The molecule has 0 spiro atoms. The molecule has 1 aromatic carbocycles. The van der Waals surface area contributed by atoms with Crippen molar-refractivity contribution in [2.75, 3.05) is 13.1 Å². The lowest BCUT2D eigenvalue weighted by Crippen LogP contribution is -2.29. The third kappa shape index (κ3) is 3.86. The molecule has 6 heteroatoms. The fourth-order valence-electron chi connectivity index (χ4n) is 2.85. The summed E-state index contributed by atoms with van der Waals surface area (Å²) in [6.45, 7) is 2.00. The van der Waals surface area contributed by atoms with Crippen molar-refractivity contribution in [3.05, 3.63) is 58.6 Å². The second-order valence-electron chi connectivity index (χ2n) is 5.83. The summed E-state index contributed by atoms with van der Waals surface area (Å²) in [5.74, 6) is 1.25. The van der Waals surface area contributed by atoms with Gasteiger partial charge in [-0.15, -0.1) is 0 Å². The summed E-state index contributed by atoms with van der Waals surface area (Å²) >= 11 is 5.80. The highest BCUT2D eigenvalue weighted by molar-refractivity contribution is 6.30. The summed E-state index contributed by atoms with van der Waals surface area (Å²) in [4.78, 5) is 22.9. The molecule has 2 heterocycles. The Labute approximate surface area is 140 Å². The highest BCUT2D eigenvalue weighted by Crippen LogP contribution is 2.21. The van der Waals surface area contributed by atoms with E-state index in [2.05, 4.69) is 9.97 Å². The standard InChI is InChI=1S/C17H19ClN4O/c18-15-9-20-16(21-10-15)7-13-5-6-22(11-13)17(23)14-3-1-12(8-19)2-4-14/h1-4,9-10,13H,5-8,11,19H2/t13-/m0/s1. The van der Waals surface area contributed by atoms with E-state index < -0.39 is 0 Å². The molecule has 1 fully saturated rings. The Bertz CT molecular complexity index is 672. The number of nitrogens with zero attached hydrogens (tertiary/aromatic N) is 3. The molecule has 0 radical (unpaired) electrons. The number of hydrogen-bond donors (Lipinski definition) is 1. The highest BCUT2D eigenvalue weighted by atomic mass is 35.5. The van der Waals surface area contributed by atoms with Gasteiger partial charge in [0.2, 0.25) is 0 Å². The van der Waals surface area contributed by atoms with Gasteiger partial charge in [0.25, 0.3) is 5.91 Å². The maximum absolute atomic E-state index is 12.5. The number of halogens is 1. The molecular weight excluding hydrogens is 312 g/mol. The molecule has 1 aliphatic rings. The SMILES string of the molecule is NCc1ccc(C(=O)N2CC[C@@H](Cc3ncc(Cl)cn3)C2)cc1. The van der Waals surface area contributed by atoms with Crippen LogP contribution in [0.5, 0.6) is 0 Å². The maximum Gasteiger partial charge on any atom is 0.253 e. The predicted molar refractivity (Wildman–Crippen MR) is 89.1 cm³/mol. The molecule has 1 aliphatic heterocycles. The van der Waals surface area contributed by atoms with Crippen molar-refractivity contribution in [3.8, 4) is 0 Å². The van der Waals surface area contributed by atoms with Gasteiger partial charge in [-0.25, -0.2) is 9.97 Å². The van der Waals surface area contributed by atoms with E-state index in [1.54, 1.807) is 12.4 Å². The zero-order valence-electron chi connectivity index (χ0n) is 12.8. The highest BCUT2D eigenvalue weighted by Gasteiger charge is 2.27. The average Bonchev–Trinajstić information content (AvgIpc) is 3.05. The van der Waals surface area contributed by atoms with Crippen LogP contribution in [0.25, 0.3) is 0 Å². The van der Waals surface area contributed by atoms with Crippen LogP contribution in [0.1, 0.15) is 28.2 Å². The molecular formula is C17H19ClN4O. The Morgan fingerprint density at radius 3 is 2.61 bits per heavy atom. The van der Waals surface area contributed by atoms with Crippen molar-refractivity contribution in [2.45, 2.75) is 19.4 Å². The molecule has 1 atom stereocenters. The largest absolute Gasteiger partial charge is 0.338 e. The molecule has 3 rings (SSSR count). The van der Waals surface area contributed by atoms with Crippen LogP contribution in [-0.4, -0.2) is 33.9 Å². The van der Waals surface area contributed by atoms with Gasteiger partial charge in [-0.1, -0.05) is 23.7 Å². The lowest BCUT2D eigenvalue weighted by atomic mass is 10.0. The zero-order chi connectivity index (χ0) is 16.2. The molecule has 0 aliphatic carbocycles. The van der Waals surface area contributed by atoms with Gasteiger partial charge in [0.15, 0.2) is 0 Å². The summed E-state index contributed by atoms with van der Waals surface area (Å²) < 4.78 is 0. The predicted octanol–water partition coefficient (Wildman–Crippen LogP) is 2.29. The van der Waals surface area contributed by atoms with Gasteiger partial charge in [0.05, 0.1) is 5.02 Å². The average molecular weight is 331 g/mol. The lowest BCUT2D eigenvalue weighted by Gasteiger charge is -2.16. The first-order valence-electron chi connectivity index (χ1n) is 7.70. The Kier molecular flexibility index (Phi) is 4.88. The van der Waals surface area contributed by atoms with Gasteiger partial charge in [-0.05, 0) is 30.0 Å². The van der Waals surface area contributed by atoms with E-state index >= 15 is 0 Å². The van der Waals surface area contributed by atoms with Crippen LogP contribution in [0.3, 0.4) is 0 Å². The summed E-state index contributed by atoms with van der Waals surface area (Å²) in [6, 6.07) is 7.50. The van der Waals surface area contributed by atoms with Crippen LogP contribution in [0.2, 0.25) is 5.02 Å². The number of carbonyl (C=O) groups is 1. The Morgan fingerprint density at radius 2 is 1.96 bits per heavy atom. The molecule has 23 heavy (non-hydrogen) atoms. The molecule has 2 aromatic rings. The molecule has 1 amide bonds. The lowest BCUT2D eigenvalue weighted by molar-refractivity contribution is 0.0787. The zero-order valence-corrected chi connectivity index (χ0v) is 13.5. The maximum atomic E-state index is 12.5. The molecule has 1 aromatic heterocycles. The number of rotatable bonds is 4. The smallest absolute Gasteiger partial charge is 0.253 e. The molecule has 0 saturated carbocycles. The molecule has 120 valence electrons.